The van der Waals surface area contributed by atoms with Crippen molar-refractivity contribution in [3.8, 4) is 0 Å². The van der Waals surface area contributed by atoms with E-state index in [0.717, 1.165) is 11.6 Å². The molecule has 3 aromatic rings. The molecule has 0 spiro atoms. The molecular formula is C24H24N4O6S. The molecule has 0 amide bonds. The van der Waals surface area contributed by atoms with Gasteiger partial charge in [0, 0.05) is 50.9 Å². The molecule has 1 aliphatic heterocycles. The van der Waals surface area contributed by atoms with E-state index in [0.29, 0.717) is 44.0 Å². The third kappa shape index (κ3) is 5.81. The summed E-state index contributed by atoms with van der Waals surface area (Å²) in [6, 6.07) is 19.2. The summed E-state index contributed by atoms with van der Waals surface area (Å²) >= 11 is 0. The lowest BCUT2D eigenvalue weighted by Gasteiger charge is -2.35. The second-order valence-electron chi connectivity index (χ2n) is 8.34. The summed E-state index contributed by atoms with van der Waals surface area (Å²) in [5.74, 6) is -0.235. The minimum Gasteiger partial charge on any atom is -0.363 e. The van der Waals surface area contributed by atoms with Gasteiger partial charge in [-0.3, -0.25) is 25.1 Å². The molecular weight excluding hydrogens is 472 g/mol. The fourth-order valence-electron chi connectivity index (χ4n) is 4.16. The molecule has 0 bridgehead atoms. The van der Waals surface area contributed by atoms with E-state index < -0.39 is 19.7 Å². The number of benzene rings is 3. The molecule has 3 aromatic carbocycles. The van der Waals surface area contributed by atoms with Gasteiger partial charge in [-0.05, 0) is 23.3 Å². The molecule has 182 valence electrons. The number of hydrogen-bond acceptors (Lipinski definition) is 8. The van der Waals surface area contributed by atoms with Gasteiger partial charge >= 0.3 is 0 Å². The molecule has 0 N–H and O–H groups in total. The Morgan fingerprint density at radius 2 is 1.46 bits per heavy atom. The van der Waals surface area contributed by atoms with Crippen molar-refractivity contribution in [3.63, 3.8) is 0 Å². The van der Waals surface area contributed by atoms with Gasteiger partial charge in [0.15, 0.2) is 9.84 Å². The zero-order valence-corrected chi connectivity index (χ0v) is 19.6. The first kappa shape index (κ1) is 24.3. The minimum atomic E-state index is -3.75. The topological polar surface area (TPSA) is 127 Å². The van der Waals surface area contributed by atoms with Gasteiger partial charge < -0.3 is 4.90 Å². The maximum Gasteiger partial charge on any atom is 0.293 e. The highest BCUT2D eigenvalue weighted by Crippen LogP contribution is 2.32. The number of rotatable bonds is 8. The highest BCUT2D eigenvalue weighted by atomic mass is 32.2. The fraction of sp³-hybridized carbons (Fsp3) is 0.250. The van der Waals surface area contributed by atoms with E-state index in [-0.39, 0.29) is 22.0 Å². The molecule has 0 saturated carbocycles. The molecule has 4 rings (SSSR count). The molecule has 0 aliphatic carbocycles. The summed E-state index contributed by atoms with van der Waals surface area (Å²) in [4.78, 5) is 25.8. The smallest absolute Gasteiger partial charge is 0.293 e. The quantitative estimate of drug-likeness (QED) is 0.340. The van der Waals surface area contributed by atoms with Crippen LogP contribution in [-0.4, -0.2) is 49.3 Å². The fourth-order valence-corrected chi connectivity index (χ4v) is 5.53. The van der Waals surface area contributed by atoms with E-state index in [9.17, 15) is 28.6 Å². The summed E-state index contributed by atoms with van der Waals surface area (Å²) in [7, 11) is -3.75. The molecule has 1 heterocycles. The van der Waals surface area contributed by atoms with Crippen LogP contribution in [0.25, 0.3) is 0 Å². The Morgan fingerprint density at radius 3 is 2.11 bits per heavy atom. The Kier molecular flexibility index (Phi) is 7.08. The number of anilines is 1. The van der Waals surface area contributed by atoms with Crippen molar-refractivity contribution in [3.05, 3.63) is 104 Å². The molecule has 1 saturated heterocycles. The largest absolute Gasteiger partial charge is 0.363 e. The molecule has 1 fully saturated rings. The molecule has 11 heteroatoms. The number of hydrogen-bond donors (Lipinski definition) is 0. The van der Waals surface area contributed by atoms with Gasteiger partial charge in [0.25, 0.3) is 11.4 Å². The van der Waals surface area contributed by atoms with Gasteiger partial charge in [-0.25, -0.2) is 8.42 Å². The average Bonchev–Trinajstić information content (AvgIpc) is 2.84. The highest BCUT2D eigenvalue weighted by molar-refractivity contribution is 7.90. The summed E-state index contributed by atoms with van der Waals surface area (Å²) in [5.41, 5.74) is 1.61. The predicted molar refractivity (Wildman–Crippen MR) is 131 cm³/mol. The number of non-ortho nitro benzene ring substituents is 1. The van der Waals surface area contributed by atoms with Gasteiger partial charge in [-0.1, -0.05) is 42.5 Å². The van der Waals surface area contributed by atoms with Crippen molar-refractivity contribution in [1.82, 2.24) is 4.90 Å². The first-order valence-corrected chi connectivity index (χ1v) is 12.6. The lowest BCUT2D eigenvalue weighted by molar-refractivity contribution is -0.385. The Morgan fingerprint density at radius 1 is 0.771 bits per heavy atom. The van der Waals surface area contributed by atoms with Gasteiger partial charge in [0.1, 0.15) is 5.69 Å². The van der Waals surface area contributed by atoms with E-state index in [1.807, 2.05) is 11.0 Å². The molecule has 0 atom stereocenters. The number of piperazine rings is 1. The molecule has 10 nitrogen and oxygen atoms in total. The van der Waals surface area contributed by atoms with Gasteiger partial charge in [-0.2, -0.15) is 0 Å². The average molecular weight is 497 g/mol. The summed E-state index contributed by atoms with van der Waals surface area (Å²) < 4.78 is 25.7. The van der Waals surface area contributed by atoms with Crippen LogP contribution in [0.2, 0.25) is 0 Å². The number of nitro groups is 2. The van der Waals surface area contributed by atoms with Crippen LogP contribution < -0.4 is 4.90 Å². The van der Waals surface area contributed by atoms with E-state index >= 15 is 0 Å². The van der Waals surface area contributed by atoms with Crippen molar-refractivity contribution >= 4 is 26.9 Å². The molecule has 35 heavy (non-hydrogen) atoms. The Hall–Kier alpha value is -3.83. The monoisotopic (exact) mass is 496 g/mol. The van der Waals surface area contributed by atoms with Crippen molar-refractivity contribution in [2.45, 2.75) is 17.2 Å². The van der Waals surface area contributed by atoms with Crippen LogP contribution in [0.1, 0.15) is 11.1 Å². The third-order valence-electron chi connectivity index (χ3n) is 5.94. The van der Waals surface area contributed by atoms with Crippen LogP contribution in [0.3, 0.4) is 0 Å². The summed E-state index contributed by atoms with van der Waals surface area (Å²) in [6.45, 7) is 2.76. The number of sulfone groups is 1. The summed E-state index contributed by atoms with van der Waals surface area (Å²) in [5, 5.41) is 22.8. The number of nitrogens with zero attached hydrogens (tertiary/aromatic N) is 4. The SMILES string of the molecule is O=[N+]([O-])c1cccc(CN2CCN(c3ccc(S(=O)(=O)Cc4ccccc4)cc3[N+](=O)[O-])CC2)c1. The van der Waals surface area contributed by atoms with Crippen LogP contribution >= 0.6 is 0 Å². The van der Waals surface area contributed by atoms with E-state index in [2.05, 4.69) is 4.90 Å². The molecule has 0 aromatic heterocycles. The van der Waals surface area contributed by atoms with E-state index in [4.69, 9.17) is 0 Å². The lowest BCUT2D eigenvalue weighted by atomic mass is 10.1. The minimum absolute atomic E-state index is 0.0408. The predicted octanol–water partition coefficient (Wildman–Crippen LogP) is 3.80. The Bertz CT molecular complexity index is 1340. The standard InChI is InChI=1S/C24H24N4O6S/c29-27(30)21-8-4-7-20(15-21)17-25-11-13-26(14-12-25)23-10-9-22(16-24(23)28(31)32)35(33,34)18-19-5-2-1-3-6-19/h1-10,15-16H,11-14,17-18H2. The maximum atomic E-state index is 12.9. The van der Waals surface area contributed by atoms with Crippen LogP contribution in [0, 0.1) is 20.2 Å². The van der Waals surface area contributed by atoms with Crippen molar-refractivity contribution in [1.29, 1.82) is 0 Å². The van der Waals surface area contributed by atoms with Gasteiger partial charge in [-0.15, -0.1) is 0 Å². The van der Waals surface area contributed by atoms with Crippen molar-refractivity contribution in [2.75, 3.05) is 31.1 Å². The third-order valence-corrected chi connectivity index (χ3v) is 7.63. The second kappa shape index (κ2) is 10.2. The van der Waals surface area contributed by atoms with Crippen LogP contribution in [0.4, 0.5) is 17.1 Å². The van der Waals surface area contributed by atoms with Crippen molar-refractivity contribution in [2.24, 2.45) is 0 Å². The van der Waals surface area contributed by atoms with Gasteiger partial charge in [0.2, 0.25) is 0 Å². The Balaban J connectivity index is 1.47. The van der Waals surface area contributed by atoms with Crippen LogP contribution in [-0.2, 0) is 22.1 Å². The molecule has 0 unspecified atom stereocenters. The Labute approximate surface area is 202 Å². The number of nitro benzene ring substituents is 2. The molecule has 0 radical (unpaired) electrons. The van der Waals surface area contributed by atoms with Gasteiger partial charge in [0.05, 0.1) is 20.5 Å². The zero-order valence-electron chi connectivity index (χ0n) is 18.8. The first-order chi connectivity index (χ1) is 16.7. The van der Waals surface area contributed by atoms with E-state index in [1.165, 1.54) is 18.2 Å². The van der Waals surface area contributed by atoms with Crippen LogP contribution in [0.5, 0.6) is 0 Å². The van der Waals surface area contributed by atoms with Crippen LogP contribution in [0.15, 0.2) is 77.7 Å². The zero-order chi connectivity index (χ0) is 25.0. The molecule has 1 aliphatic rings. The first-order valence-electron chi connectivity index (χ1n) is 11.0. The van der Waals surface area contributed by atoms with Crippen molar-refractivity contribution < 1.29 is 18.3 Å². The normalized spacial score (nSPS) is 14.6. The lowest BCUT2D eigenvalue weighted by Crippen LogP contribution is -2.46. The second-order valence-corrected chi connectivity index (χ2v) is 10.3. The maximum absolute atomic E-state index is 12.9. The highest BCUT2D eigenvalue weighted by Gasteiger charge is 2.27. The summed E-state index contributed by atoms with van der Waals surface area (Å²) in [6.07, 6.45) is 0. The van der Waals surface area contributed by atoms with E-state index in [1.54, 1.807) is 42.5 Å².